The number of aliphatic imine (C=N–C) groups is 1. The van der Waals surface area contributed by atoms with Gasteiger partial charge in [0.25, 0.3) is 0 Å². The standard InChI is InChI=1S/C17H29N3O.HI/c1-4-21-14-8-12-19-17(18-3)20-13-11-15(2)16-9-6-5-7-10-16;/h5-7,9-10,15H,4,8,11-14H2,1-3H3,(H2,18,19,20);1H. The van der Waals surface area contributed by atoms with Crippen LogP contribution in [0.2, 0.25) is 0 Å². The van der Waals surface area contributed by atoms with Crippen molar-refractivity contribution in [2.24, 2.45) is 4.99 Å². The van der Waals surface area contributed by atoms with Gasteiger partial charge in [-0.15, -0.1) is 24.0 Å². The van der Waals surface area contributed by atoms with Gasteiger partial charge >= 0.3 is 0 Å². The van der Waals surface area contributed by atoms with Crippen molar-refractivity contribution in [3.05, 3.63) is 35.9 Å². The highest BCUT2D eigenvalue weighted by Gasteiger charge is 2.05. The maximum Gasteiger partial charge on any atom is 0.190 e. The van der Waals surface area contributed by atoms with Crippen molar-refractivity contribution < 1.29 is 4.74 Å². The summed E-state index contributed by atoms with van der Waals surface area (Å²) in [5, 5.41) is 6.66. The van der Waals surface area contributed by atoms with E-state index >= 15 is 0 Å². The van der Waals surface area contributed by atoms with Crippen LogP contribution in [0, 0.1) is 0 Å². The predicted molar refractivity (Wildman–Crippen MR) is 105 cm³/mol. The molecule has 4 nitrogen and oxygen atoms in total. The van der Waals surface area contributed by atoms with Gasteiger partial charge in [-0.3, -0.25) is 4.99 Å². The Morgan fingerprint density at radius 1 is 1.18 bits per heavy atom. The second-order valence-corrected chi connectivity index (χ2v) is 5.08. The van der Waals surface area contributed by atoms with Crippen LogP contribution in [0.25, 0.3) is 0 Å². The third kappa shape index (κ3) is 9.25. The van der Waals surface area contributed by atoms with E-state index in [0.29, 0.717) is 5.92 Å². The lowest BCUT2D eigenvalue weighted by molar-refractivity contribution is 0.145. The number of rotatable bonds is 9. The van der Waals surface area contributed by atoms with Crippen LogP contribution in [0.1, 0.15) is 38.2 Å². The van der Waals surface area contributed by atoms with Gasteiger partial charge in [-0.1, -0.05) is 37.3 Å². The molecule has 126 valence electrons. The predicted octanol–water partition coefficient (Wildman–Crippen LogP) is 3.39. The molecule has 0 saturated carbocycles. The van der Waals surface area contributed by atoms with E-state index in [2.05, 4.69) is 52.9 Å². The molecular weight excluding hydrogens is 389 g/mol. The van der Waals surface area contributed by atoms with E-state index < -0.39 is 0 Å². The fraction of sp³-hybridized carbons (Fsp3) is 0.588. The monoisotopic (exact) mass is 419 g/mol. The Kier molecular flexibility index (Phi) is 13.3. The Morgan fingerprint density at radius 2 is 1.86 bits per heavy atom. The van der Waals surface area contributed by atoms with Crippen molar-refractivity contribution >= 4 is 29.9 Å². The quantitative estimate of drug-likeness (QED) is 0.279. The van der Waals surface area contributed by atoms with Crippen molar-refractivity contribution in [3.8, 4) is 0 Å². The van der Waals surface area contributed by atoms with Gasteiger partial charge < -0.3 is 15.4 Å². The van der Waals surface area contributed by atoms with Crippen molar-refractivity contribution in [2.75, 3.05) is 33.4 Å². The van der Waals surface area contributed by atoms with Crippen molar-refractivity contribution in [1.29, 1.82) is 0 Å². The Labute approximate surface area is 152 Å². The fourth-order valence-corrected chi connectivity index (χ4v) is 2.10. The molecule has 0 radical (unpaired) electrons. The van der Waals surface area contributed by atoms with Gasteiger partial charge in [-0.05, 0) is 31.2 Å². The molecule has 2 N–H and O–H groups in total. The molecule has 1 unspecified atom stereocenters. The molecule has 0 aliphatic heterocycles. The summed E-state index contributed by atoms with van der Waals surface area (Å²) in [6.45, 7) is 7.65. The molecule has 1 rings (SSSR count). The zero-order valence-electron chi connectivity index (χ0n) is 14.0. The molecule has 1 aromatic carbocycles. The van der Waals surface area contributed by atoms with Crippen LogP contribution < -0.4 is 10.6 Å². The largest absolute Gasteiger partial charge is 0.382 e. The van der Waals surface area contributed by atoms with Gasteiger partial charge in [-0.25, -0.2) is 0 Å². The normalized spacial score (nSPS) is 12.4. The number of hydrogen-bond donors (Lipinski definition) is 2. The minimum atomic E-state index is 0. The number of benzene rings is 1. The van der Waals surface area contributed by atoms with Crippen LogP contribution in [0.15, 0.2) is 35.3 Å². The first-order valence-electron chi connectivity index (χ1n) is 7.85. The molecular formula is C17H30IN3O. The topological polar surface area (TPSA) is 45.6 Å². The minimum Gasteiger partial charge on any atom is -0.382 e. The lowest BCUT2D eigenvalue weighted by Gasteiger charge is -2.15. The maximum absolute atomic E-state index is 5.31. The third-order valence-electron chi connectivity index (χ3n) is 3.42. The van der Waals surface area contributed by atoms with E-state index in [0.717, 1.165) is 45.1 Å². The second-order valence-electron chi connectivity index (χ2n) is 5.08. The van der Waals surface area contributed by atoms with Gasteiger partial charge in [0.1, 0.15) is 0 Å². The number of ether oxygens (including phenoxy) is 1. The third-order valence-corrected chi connectivity index (χ3v) is 3.42. The van der Waals surface area contributed by atoms with E-state index in [9.17, 15) is 0 Å². The molecule has 0 heterocycles. The van der Waals surface area contributed by atoms with Crippen LogP contribution in [0.4, 0.5) is 0 Å². The smallest absolute Gasteiger partial charge is 0.190 e. The van der Waals surface area contributed by atoms with Crippen molar-refractivity contribution in [1.82, 2.24) is 10.6 Å². The average Bonchev–Trinajstić information content (AvgIpc) is 2.53. The first-order valence-corrected chi connectivity index (χ1v) is 7.85. The molecule has 0 saturated heterocycles. The van der Waals surface area contributed by atoms with E-state index in [-0.39, 0.29) is 24.0 Å². The molecule has 0 aliphatic carbocycles. The molecule has 5 heteroatoms. The summed E-state index contributed by atoms with van der Waals surface area (Å²) in [6.07, 6.45) is 2.08. The van der Waals surface area contributed by atoms with Crippen LogP contribution in [0.3, 0.4) is 0 Å². The molecule has 1 atom stereocenters. The van der Waals surface area contributed by atoms with Gasteiger partial charge in [0.05, 0.1) is 0 Å². The van der Waals surface area contributed by atoms with E-state index in [1.165, 1.54) is 5.56 Å². The molecule has 0 aromatic heterocycles. The lowest BCUT2D eigenvalue weighted by atomic mass is 9.98. The summed E-state index contributed by atoms with van der Waals surface area (Å²) in [5.74, 6) is 1.42. The van der Waals surface area contributed by atoms with E-state index in [1.807, 2.05) is 6.92 Å². The Morgan fingerprint density at radius 3 is 2.50 bits per heavy atom. The fourth-order valence-electron chi connectivity index (χ4n) is 2.10. The summed E-state index contributed by atoms with van der Waals surface area (Å²) < 4.78 is 5.31. The summed E-state index contributed by atoms with van der Waals surface area (Å²) in [6, 6.07) is 10.6. The van der Waals surface area contributed by atoms with Gasteiger partial charge in [0, 0.05) is 33.4 Å². The van der Waals surface area contributed by atoms with E-state index in [4.69, 9.17) is 4.74 Å². The zero-order chi connectivity index (χ0) is 15.3. The highest BCUT2D eigenvalue weighted by atomic mass is 127. The SMILES string of the molecule is CCOCCCNC(=NC)NCCC(C)c1ccccc1.I. The van der Waals surface area contributed by atoms with E-state index in [1.54, 1.807) is 7.05 Å². The Bertz CT molecular complexity index is 398. The van der Waals surface area contributed by atoms with Crippen LogP contribution in [-0.2, 0) is 4.74 Å². The molecule has 0 amide bonds. The Balaban J connectivity index is 0.00000441. The summed E-state index contributed by atoms with van der Waals surface area (Å²) in [5.41, 5.74) is 1.39. The zero-order valence-corrected chi connectivity index (χ0v) is 16.3. The van der Waals surface area contributed by atoms with Gasteiger partial charge in [-0.2, -0.15) is 0 Å². The highest BCUT2D eigenvalue weighted by Crippen LogP contribution is 2.17. The average molecular weight is 419 g/mol. The number of hydrogen-bond acceptors (Lipinski definition) is 2. The summed E-state index contributed by atoms with van der Waals surface area (Å²) in [7, 11) is 1.80. The highest BCUT2D eigenvalue weighted by molar-refractivity contribution is 14.0. The lowest BCUT2D eigenvalue weighted by Crippen LogP contribution is -2.38. The van der Waals surface area contributed by atoms with Gasteiger partial charge in [0.15, 0.2) is 5.96 Å². The molecule has 1 aromatic rings. The molecule has 0 bridgehead atoms. The number of nitrogens with one attached hydrogen (secondary N) is 2. The molecule has 0 aliphatic rings. The Hall–Kier alpha value is -0.820. The number of nitrogens with zero attached hydrogens (tertiary/aromatic N) is 1. The summed E-state index contributed by atoms with van der Waals surface area (Å²) in [4.78, 5) is 4.23. The van der Waals surface area contributed by atoms with Crippen LogP contribution in [0.5, 0.6) is 0 Å². The maximum atomic E-state index is 5.31. The second kappa shape index (κ2) is 13.8. The first-order chi connectivity index (χ1) is 10.3. The van der Waals surface area contributed by atoms with Crippen LogP contribution in [-0.4, -0.2) is 39.3 Å². The molecule has 0 fully saturated rings. The molecule has 0 spiro atoms. The van der Waals surface area contributed by atoms with Crippen LogP contribution >= 0.6 is 24.0 Å². The summed E-state index contributed by atoms with van der Waals surface area (Å²) >= 11 is 0. The van der Waals surface area contributed by atoms with Gasteiger partial charge in [0.2, 0.25) is 0 Å². The minimum absolute atomic E-state index is 0. The number of guanidine groups is 1. The molecule has 22 heavy (non-hydrogen) atoms. The van der Waals surface area contributed by atoms with Crippen molar-refractivity contribution in [2.45, 2.75) is 32.6 Å². The number of halogens is 1. The first kappa shape index (κ1) is 21.2. The van der Waals surface area contributed by atoms with Crippen molar-refractivity contribution in [3.63, 3.8) is 0 Å².